The van der Waals surface area contributed by atoms with E-state index in [4.69, 9.17) is 14.6 Å². The Morgan fingerprint density at radius 1 is 0.778 bits per heavy atom. The molecule has 0 saturated heterocycles. The molecule has 0 saturated carbocycles. The number of ether oxygens (including phenoxy) is 2. The van der Waals surface area contributed by atoms with Gasteiger partial charge in [-0.15, -0.1) is 0 Å². The highest BCUT2D eigenvalue weighted by atomic mass is 19.1. The van der Waals surface area contributed by atoms with E-state index in [0.717, 1.165) is 50.3 Å². The minimum atomic E-state index is -0.255. The first-order chi connectivity index (χ1) is 17.6. The summed E-state index contributed by atoms with van der Waals surface area (Å²) in [5.41, 5.74) is 6.43. The van der Waals surface area contributed by atoms with E-state index in [2.05, 4.69) is 23.6 Å². The lowest BCUT2D eigenvalue weighted by molar-refractivity contribution is 0.201. The topological polar surface area (TPSA) is 43.6 Å². The maximum absolute atomic E-state index is 13.7. The third kappa shape index (κ3) is 5.11. The molecule has 182 valence electrons. The van der Waals surface area contributed by atoms with E-state index in [0.29, 0.717) is 13.2 Å². The van der Waals surface area contributed by atoms with E-state index in [9.17, 15) is 4.39 Å². The first-order valence-electron chi connectivity index (χ1n) is 12.0. The van der Waals surface area contributed by atoms with Crippen molar-refractivity contribution in [2.24, 2.45) is 0 Å². The smallest absolute Gasteiger partial charge is 0.123 e. The Morgan fingerprint density at radius 3 is 2.22 bits per heavy atom. The number of hydrogen-bond acceptors (Lipinski definition) is 3. The van der Waals surface area contributed by atoms with Crippen LogP contribution in [0.2, 0.25) is 0 Å². The van der Waals surface area contributed by atoms with Crippen molar-refractivity contribution in [2.75, 3.05) is 13.2 Å². The molecule has 4 nitrogen and oxygen atoms in total. The van der Waals surface area contributed by atoms with Gasteiger partial charge in [0.05, 0.1) is 12.3 Å². The van der Waals surface area contributed by atoms with Gasteiger partial charge < -0.3 is 19.1 Å². The minimum Gasteiger partial charge on any atom is -0.491 e. The molecular weight excluding hydrogens is 453 g/mol. The molecule has 0 aliphatic heterocycles. The molecule has 0 atom stereocenters. The van der Waals surface area contributed by atoms with Crippen LogP contribution >= 0.6 is 0 Å². The molecule has 1 heterocycles. The molecule has 1 N–H and O–H groups in total. The predicted molar refractivity (Wildman–Crippen MR) is 141 cm³/mol. The van der Waals surface area contributed by atoms with Crippen LogP contribution in [0.15, 0.2) is 97.1 Å². The van der Waals surface area contributed by atoms with E-state index in [1.54, 1.807) is 0 Å². The van der Waals surface area contributed by atoms with Gasteiger partial charge >= 0.3 is 0 Å². The first-order valence-corrected chi connectivity index (χ1v) is 12.0. The molecule has 0 spiro atoms. The number of benzene rings is 4. The maximum Gasteiger partial charge on any atom is 0.123 e. The summed E-state index contributed by atoms with van der Waals surface area (Å²) in [6.45, 7) is 3.49. The maximum atomic E-state index is 13.7. The van der Waals surface area contributed by atoms with Crippen LogP contribution in [0, 0.1) is 12.7 Å². The highest BCUT2D eigenvalue weighted by molar-refractivity contribution is 5.92. The zero-order valence-electron chi connectivity index (χ0n) is 20.2. The van der Waals surface area contributed by atoms with Gasteiger partial charge in [-0.2, -0.15) is 0 Å². The van der Waals surface area contributed by atoms with Crippen molar-refractivity contribution in [3.8, 4) is 22.8 Å². The molecule has 0 radical (unpaired) electrons. The number of fused-ring (bicyclic) bond motifs is 1. The number of aryl methyl sites for hydroxylation is 1. The molecule has 0 unspecified atom stereocenters. The molecule has 5 aromatic rings. The van der Waals surface area contributed by atoms with Gasteiger partial charge in [-0.1, -0.05) is 42.5 Å². The van der Waals surface area contributed by atoms with Crippen LogP contribution in [0.4, 0.5) is 4.39 Å². The molecule has 5 rings (SSSR count). The third-order valence-corrected chi connectivity index (χ3v) is 6.28. The number of rotatable bonds is 9. The second-order valence-corrected chi connectivity index (χ2v) is 8.74. The van der Waals surface area contributed by atoms with Gasteiger partial charge in [0, 0.05) is 17.4 Å². The van der Waals surface area contributed by atoms with Crippen molar-refractivity contribution in [1.29, 1.82) is 0 Å². The Balaban J connectivity index is 1.52. The monoisotopic (exact) mass is 481 g/mol. The Labute approximate surface area is 210 Å². The lowest BCUT2D eigenvalue weighted by Crippen LogP contribution is -2.04. The fourth-order valence-electron chi connectivity index (χ4n) is 4.51. The number of halogens is 1. The fraction of sp³-hybridized carbons (Fsp3) is 0.161. The summed E-state index contributed by atoms with van der Waals surface area (Å²) >= 11 is 0. The number of aliphatic hydroxyl groups is 1. The Kier molecular flexibility index (Phi) is 7.01. The van der Waals surface area contributed by atoms with Gasteiger partial charge in [0.15, 0.2) is 0 Å². The van der Waals surface area contributed by atoms with Crippen molar-refractivity contribution in [3.05, 3.63) is 120 Å². The van der Waals surface area contributed by atoms with Crippen LogP contribution in [-0.4, -0.2) is 22.9 Å². The van der Waals surface area contributed by atoms with Crippen molar-refractivity contribution in [2.45, 2.75) is 20.1 Å². The van der Waals surface area contributed by atoms with Crippen LogP contribution in [0.1, 0.15) is 16.7 Å². The summed E-state index contributed by atoms with van der Waals surface area (Å²) in [6, 6.07) is 30.8. The molecule has 5 heteroatoms. The van der Waals surface area contributed by atoms with Crippen LogP contribution in [-0.2, 0) is 13.2 Å². The molecule has 36 heavy (non-hydrogen) atoms. The zero-order chi connectivity index (χ0) is 24.9. The molecular formula is C31H28FNO3. The van der Waals surface area contributed by atoms with Crippen molar-refractivity contribution < 1.29 is 19.0 Å². The largest absolute Gasteiger partial charge is 0.491 e. The van der Waals surface area contributed by atoms with Gasteiger partial charge in [0.1, 0.15) is 30.5 Å². The summed E-state index contributed by atoms with van der Waals surface area (Å²) < 4.78 is 27.6. The van der Waals surface area contributed by atoms with Crippen molar-refractivity contribution in [3.63, 3.8) is 0 Å². The zero-order valence-corrected chi connectivity index (χ0v) is 20.2. The second kappa shape index (κ2) is 10.7. The van der Waals surface area contributed by atoms with Gasteiger partial charge in [-0.25, -0.2) is 4.39 Å². The summed E-state index contributed by atoms with van der Waals surface area (Å²) in [7, 11) is 0. The Morgan fingerprint density at radius 2 is 1.50 bits per heavy atom. The van der Waals surface area contributed by atoms with Gasteiger partial charge in [-0.3, -0.25) is 0 Å². The fourth-order valence-corrected chi connectivity index (χ4v) is 4.51. The van der Waals surface area contributed by atoms with E-state index in [1.165, 1.54) is 12.1 Å². The normalized spacial score (nSPS) is 11.1. The SMILES string of the molecule is Cc1c(-c2ccc(F)cc2)n(Cc2ccc(OCCO)cc2)c2ccc(OCc3ccccc3)cc12. The van der Waals surface area contributed by atoms with Crippen LogP contribution < -0.4 is 9.47 Å². The Bertz CT molecular complexity index is 1440. The van der Waals surface area contributed by atoms with E-state index >= 15 is 0 Å². The summed E-state index contributed by atoms with van der Waals surface area (Å²) in [5.74, 6) is 1.28. The van der Waals surface area contributed by atoms with E-state index < -0.39 is 0 Å². The summed E-state index contributed by atoms with van der Waals surface area (Å²) in [5, 5.41) is 10.1. The van der Waals surface area contributed by atoms with Crippen LogP contribution in [0.3, 0.4) is 0 Å². The predicted octanol–water partition coefficient (Wildman–Crippen LogP) is 6.75. The van der Waals surface area contributed by atoms with Gasteiger partial charge in [-0.05, 0) is 83.8 Å². The summed E-state index contributed by atoms with van der Waals surface area (Å²) in [6.07, 6.45) is 0. The molecule has 1 aromatic heterocycles. The Hall–Kier alpha value is -4.09. The minimum absolute atomic E-state index is 0.0194. The molecule has 0 amide bonds. The van der Waals surface area contributed by atoms with Crippen molar-refractivity contribution in [1.82, 2.24) is 4.57 Å². The summed E-state index contributed by atoms with van der Waals surface area (Å²) in [4.78, 5) is 0. The lowest BCUT2D eigenvalue weighted by Gasteiger charge is -2.13. The quantitative estimate of drug-likeness (QED) is 0.253. The molecule has 0 aliphatic rings. The standard InChI is InChI=1S/C31H28FNO3/c1-22-29-19-28(36-21-24-5-3-2-4-6-24)15-16-30(29)33(31(22)25-9-11-26(32)12-10-25)20-23-7-13-27(14-8-23)35-18-17-34/h2-16,19,34H,17-18,20-21H2,1H3. The third-order valence-electron chi connectivity index (χ3n) is 6.28. The molecule has 0 aliphatic carbocycles. The van der Waals surface area contributed by atoms with Crippen molar-refractivity contribution >= 4 is 10.9 Å². The second-order valence-electron chi connectivity index (χ2n) is 8.74. The number of aromatic nitrogens is 1. The van der Waals surface area contributed by atoms with Crippen LogP contribution in [0.5, 0.6) is 11.5 Å². The number of hydrogen-bond donors (Lipinski definition) is 1. The first kappa shape index (κ1) is 23.6. The van der Waals surface area contributed by atoms with Gasteiger partial charge in [0.25, 0.3) is 0 Å². The number of aliphatic hydroxyl groups excluding tert-OH is 1. The highest BCUT2D eigenvalue weighted by Crippen LogP contribution is 2.36. The molecule has 0 fully saturated rings. The van der Waals surface area contributed by atoms with Crippen LogP contribution in [0.25, 0.3) is 22.2 Å². The van der Waals surface area contributed by atoms with E-state index in [-0.39, 0.29) is 19.0 Å². The number of nitrogens with zero attached hydrogens (tertiary/aromatic N) is 1. The van der Waals surface area contributed by atoms with E-state index in [1.807, 2.05) is 72.8 Å². The molecule has 0 bridgehead atoms. The molecule has 4 aromatic carbocycles. The lowest BCUT2D eigenvalue weighted by atomic mass is 10.1. The highest BCUT2D eigenvalue weighted by Gasteiger charge is 2.17. The average molecular weight is 482 g/mol. The van der Waals surface area contributed by atoms with Gasteiger partial charge in [0.2, 0.25) is 0 Å². The average Bonchev–Trinajstić information content (AvgIpc) is 3.18.